The van der Waals surface area contributed by atoms with Gasteiger partial charge in [0.15, 0.2) is 29.1 Å². The molecule has 10 rings (SSSR count). The Balaban J connectivity index is 0.000000246. The Morgan fingerprint density at radius 2 is 1.07 bits per heavy atom. The lowest BCUT2D eigenvalue weighted by Gasteiger charge is -2.26. The van der Waals surface area contributed by atoms with Gasteiger partial charge in [-0.15, -0.1) is 12.4 Å². The van der Waals surface area contributed by atoms with Crippen molar-refractivity contribution in [3.63, 3.8) is 0 Å². The van der Waals surface area contributed by atoms with Crippen molar-refractivity contribution < 1.29 is 79.1 Å². The molecule has 8 aromatic heterocycles. The molecule has 0 aliphatic carbocycles. The summed E-state index contributed by atoms with van der Waals surface area (Å²) in [5, 5.41) is 1.35. The van der Waals surface area contributed by atoms with Crippen molar-refractivity contribution in [2.24, 2.45) is 0 Å². The molecule has 0 unspecified atom stereocenters. The number of carbonyl (C=O) groups excluding carboxylic acids is 2. The highest BCUT2D eigenvalue weighted by atomic mass is 79.9. The van der Waals surface area contributed by atoms with E-state index < -0.39 is 101 Å². The highest BCUT2D eigenvalue weighted by Gasteiger charge is 2.50. The number of pyridine rings is 6. The first-order valence-electron chi connectivity index (χ1n) is 27.2. The van der Waals surface area contributed by atoms with Gasteiger partial charge in [0.05, 0.1) is 29.5 Å². The molecule has 0 radical (unpaired) electrons. The molecule has 2 aliphatic heterocycles. The molecule has 0 aromatic carbocycles. The van der Waals surface area contributed by atoms with Crippen LogP contribution >= 0.6 is 51.2 Å². The summed E-state index contributed by atoms with van der Waals surface area (Å²) in [4.78, 5) is 60.2. The number of H-pyrrole nitrogens is 1. The molecule has 10 heterocycles. The summed E-state index contributed by atoms with van der Waals surface area (Å²) < 4.78 is 204. The Labute approximate surface area is 554 Å². The number of hydrogen-bond acceptors (Lipinski definition) is 17. The average molecular weight is 1490 g/mol. The summed E-state index contributed by atoms with van der Waals surface area (Å²) in [6.07, 6.45) is 1.03. The Morgan fingerprint density at radius 3 is 1.45 bits per heavy atom. The highest BCUT2D eigenvalue weighted by Crippen LogP contribution is 2.35. The fourth-order valence-corrected chi connectivity index (χ4v) is 11.8. The van der Waals surface area contributed by atoms with Crippen molar-refractivity contribution in [3.8, 4) is 22.5 Å². The number of carbonyl (C=O) groups is 2. The minimum absolute atomic E-state index is 0. The topological polar surface area (TPSA) is 249 Å². The van der Waals surface area contributed by atoms with Crippen LogP contribution in [0.5, 0.6) is 0 Å². The normalized spacial score (nSPS) is 17.9. The Bertz CT molecular complexity index is 4170. The van der Waals surface area contributed by atoms with Gasteiger partial charge in [0.25, 0.3) is 19.1 Å². The molecule has 18 nitrogen and oxygen atoms in total. The molecule has 2 N–H and O–H groups in total. The van der Waals surface area contributed by atoms with E-state index in [-0.39, 0.29) is 88.5 Å². The number of alkyl halides is 8. The molecular weight excluding hydrogens is 1440 g/mol. The molecule has 8 aromatic rings. The van der Waals surface area contributed by atoms with Crippen LogP contribution in [0.4, 0.5) is 52.7 Å². The number of aromatic amines is 1. The van der Waals surface area contributed by atoms with E-state index in [9.17, 15) is 79.1 Å². The highest BCUT2D eigenvalue weighted by molar-refractivity contribution is 9.10. The van der Waals surface area contributed by atoms with Crippen LogP contribution in [0.1, 0.15) is 73.4 Å². The summed E-state index contributed by atoms with van der Waals surface area (Å²) in [5.41, 5.74) is 4.30. The van der Waals surface area contributed by atoms with Gasteiger partial charge >= 0.3 is 12.4 Å². The number of nitrogens with one attached hydrogen (secondary N) is 2. The largest absolute Gasteiger partial charge is 0.451 e. The van der Waals surface area contributed by atoms with Gasteiger partial charge in [0, 0.05) is 116 Å². The van der Waals surface area contributed by atoms with Crippen molar-refractivity contribution in [2.75, 3.05) is 0 Å². The van der Waals surface area contributed by atoms with Gasteiger partial charge < -0.3 is 10.3 Å². The number of hydrogen-bond donors (Lipinski definition) is 2. The second-order valence-corrected chi connectivity index (χ2v) is 25.7. The zero-order valence-electron chi connectivity index (χ0n) is 49.1. The molecule has 2 saturated heterocycles. The van der Waals surface area contributed by atoms with Crippen molar-refractivity contribution in [3.05, 3.63) is 189 Å². The van der Waals surface area contributed by atoms with Crippen molar-refractivity contribution in [2.45, 2.75) is 125 Å². The number of nitrogens with zero attached hydrogens (tertiary/aromatic N) is 10. The second-order valence-electron chi connectivity index (χ2n) is 20.3. The van der Waals surface area contributed by atoms with Crippen LogP contribution in [-0.4, -0.2) is 119 Å². The van der Waals surface area contributed by atoms with Gasteiger partial charge in [-0.25, -0.2) is 78.1 Å². The number of aromatic nitrogens is 10. The van der Waals surface area contributed by atoms with E-state index in [0.29, 0.717) is 33.1 Å². The predicted octanol–water partition coefficient (Wildman–Crippen LogP) is 13.0. The van der Waals surface area contributed by atoms with Crippen molar-refractivity contribution >= 4 is 81.9 Å². The third kappa shape index (κ3) is 21.3. The van der Waals surface area contributed by atoms with Gasteiger partial charge in [-0.3, -0.25) is 19.6 Å². The zero-order chi connectivity index (χ0) is 68.8. The Morgan fingerprint density at radius 1 is 0.628 bits per heavy atom. The first-order valence-corrected chi connectivity index (χ1v) is 32.1. The van der Waals surface area contributed by atoms with Crippen LogP contribution in [0.15, 0.2) is 137 Å². The SMILES string of the molecule is Cc1cnc(-c2cnc(C(F)(F)F)nc2)cc1CCC(=O)[C@@H]1C[C@@H](F)[C@H](C)N1.Cc1cnc(-c2cnc(C(F)(F)F)nc2)cc1CCC(=O)[C@@H]1C[C@@H](F)[C@H](C)N1S(=O)(=O)c1ncccc1F.Cl.Fc1ccc[nH]c1=S.Fc1cccnc1Br.O=S(=O)(Cl)c1ncccc1F. The van der Waals surface area contributed by atoms with Gasteiger partial charge in [-0.2, -0.15) is 30.6 Å². The lowest BCUT2D eigenvalue weighted by molar-refractivity contribution is -0.145. The fourth-order valence-electron chi connectivity index (χ4n) is 8.79. The minimum atomic E-state index is -4.69. The molecule has 0 saturated carbocycles. The van der Waals surface area contributed by atoms with E-state index in [1.165, 1.54) is 43.6 Å². The predicted molar refractivity (Wildman–Crippen MR) is 327 cm³/mol. The van der Waals surface area contributed by atoms with E-state index in [2.05, 4.69) is 83.3 Å². The molecule has 94 heavy (non-hydrogen) atoms. The second kappa shape index (κ2) is 33.9. The maximum absolute atomic E-state index is 14.6. The lowest BCUT2D eigenvalue weighted by Crippen LogP contribution is -2.45. The van der Waals surface area contributed by atoms with Gasteiger partial charge in [-0.1, -0.05) is 12.2 Å². The van der Waals surface area contributed by atoms with Crippen LogP contribution < -0.4 is 5.32 Å². The summed E-state index contributed by atoms with van der Waals surface area (Å²) in [5.74, 6) is -5.87. The summed E-state index contributed by atoms with van der Waals surface area (Å²) in [6.45, 7) is 6.58. The zero-order valence-corrected chi connectivity index (χ0v) is 54.7. The molecule has 0 spiro atoms. The van der Waals surface area contributed by atoms with E-state index in [0.717, 1.165) is 60.4 Å². The molecular formula is C58H53BrCl2F12N12O6S3. The molecule has 0 amide bonds. The van der Waals surface area contributed by atoms with Gasteiger partial charge in [0.1, 0.15) is 27.4 Å². The van der Waals surface area contributed by atoms with Crippen molar-refractivity contribution in [1.82, 2.24) is 59.5 Å². The van der Waals surface area contributed by atoms with Crippen molar-refractivity contribution in [1.29, 1.82) is 0 Å². The number of halogens is 15. The van der Waals surface area contributed by atoms with Gasteiger partial charge in [-0.05, 0) is 139 Å². The van der Waals surface area contributed by atoms with E-state index >= 15 is 0 Å². The van der Waals surface area contributed by atoms with E-state index in [1.54, 1.807) is 50.5 Å². The quantitative estimate of drug-likeness (QED) is 0.0471. The van der Waals surface area contributed by atoms with Crippen LogP contribution in [-0.2, 0) is 53.9 Å². The molecule has 0 bridgehead atoms. The minimum Gasteiger partial charge on any atom is -0.350 e. The third-order valence-electron chi connectivity index (χ3n) is 13.7. The summed E-state index contributed by atoms with van der Waals surface area (Å²) in [6, 6.07) is 10.1. The van der Waals surface area contributed by atoms with E-state index in [4.69, 9.17) is 10.7 Å². The van der Waals surface area contributed by atoms with Crippen LogP contribution in [0, 0.1) is 41.8 Å². The lowest BCUT2D eigenvalue weighted by atomic mass is 9.99. The van der Waals surface area contributed by atoms with Crippen LogP contribution in [0.25, 0.3) is 22.5 Å². The summed E-state index contributed by atoms with van der Waals surface area (Å²) >= 11 is 7.43. The Hall–Kier alpha value is -7.34. The maximum Gasteiger partial charge on any atom is 0.451 e. The number of aryl methyl sites for hydroxylation is 4. The average Bonchev–Trinajstić information content (AvgIpc) is 1.57. The number of rotatable bonds is 13. The number of Topliss-reactive ketones (excluding diaryl/α,β-unsaturated/α-hetero) is 2. The molecule has 504 valence electrons. The Kier molecular flexibility index (Phi) is 27.9. The van der Waals surface area contributed by atoms with Crippen LogP contribution in [0.2, 0.25) is 0 Å². The number of ketones is 2. The van der Waals surface area contributed by atoms with Gasteiger partial charge in [0.2, 0.25) is 21.7 Å². The maximum atomic E-state index is 14.6. The third-order valence-corrected chi connectivity index (χ3v) is 17.7. The summed E-state index contributed by atoms with van der Waals surface area (Å²) in [7, 11) is -3.83. The molecule has 2 fully saturated rings. The van der Waals surface area contributed by atoms with E-state index in [1.807, 2.05) is 6.92 Å². The first kappa shape index (κ1) is 77.4. The van der Waals surface area contributed by atoms with Crippen LogP contribution in [0.3, 0.4) is 0 Å². The standard InChI is InChI=1S/C24H22F5N5O3S.C19H20F4N4O.C5H3BrFN.C5H3ClFNO2S.C5H4FNS.ClH/c1-13-10-31-19(16-11-32-23(33-12-16)24(27,28)29)8-15(13)5-6-21(35)20-9-18(26)14(2)34(20)38(36,37)22-17(25)4-3-7-30-22;1-10-7-24-15(13-8-25-18(26-9-13)19(21,22)23)5-12(10)3-4-17(28)16-6-14(20)11(2)27-16;6-5-4(7)2-1-3-8-5;6-11(9,10)5-4(7)2-1-3-8-5;6-4-2-1-3-7-5(4)8;/h3-4,7-8,10-12,14,18,20H,5-6,9H2,1-2H3;5,7-9,11,14,16,27H,3-4,6H2,1-2H3;1-3H;1-3H;1-3H,(H,7,8);1H/t14-,18+,20-;11-,14+,16-;;;;/m00..../s1. The fraction of sp³-hybridized carbons (Fsp3) is 0.310. The molecule has 2 aliphatic rings. The number of sulfonamides is 1. The smallest absolute Gasteiger partial charge is 0.350 e. The first-order chi connectivity index (χ1) is 43.6. The molecule has 36 heteroatoms. The monoisotopic (exact) mass is 1490 g/mol. The molecule has 6 atom stereocenters.